The van der Waals surface area contributed by atoms with Crippen LogP contribution < -0.4 is 5.11 Å². The fourth-order valence-electron chi connectivity index (χ4n) is 0.103. The first-order chi connectivity index (χ1) is 5.58. The maximum Gasteiger partial charge on any atom is 0.322 e. The maximum atomic E-state index is 10.5. The van der Waals surface area contributed by atoms with Crippen molar-refractivity contribution in [3.05, 3.63) is 12.3 Å². The minimum absolute atomic E-state index is 1.30. The Balaban J connectivity index is 4.53. The first-order valence-electron chi connectivity index (χ1n) is 4.17. The van der Waals surface area contributed by atoms with Crippen molar-refractivity contribution in [2.75, 3.05) is 6.56 Å². The van der Waals surface area contributed by atoms with Crippen molar-refractivity contribution in [2.24, 2.45) is 0 Å². The van der Waals surface area contributed by atoms with Crippen molar-refractivity contribution in [3.8, 4) is 0 Å². The van der Waals surface area contributed by atoms with Crippen LogP contribution in [0.5, 0.6) is 0 Å². The molecule has 0 spiro atoms. The number of esters is 1. The summed E-state index contributed by atoms with van der Waals surface area (Å²) < 4.78 is 37.2. The van der Waals surface area contributed by atoms with E-state index in [1.54, 1.807) is 0 Å². The normalized spacial score (nSPS) is 20.8. The molecule has 8 heavy (non-hydrogen) atoms. The van der Waals surface area contributed by atoms with E-state index in [0.29, 0.717) is 0 Å². The van der Waals surface area contributed by atoms with E-state index in [1.807, 2.05) is 0 Å². The molecule has 0 aliphatic rings. The monoisotopic (exact) mass is 120 g/mol. The summed E-state index contributed by atoms with van der Waals surface area (Å²) in [5, 5.41) is 10.2. The van der Waals surface area contributed by atoms with Crippen molar-refractivity contribution >= 4 is 5.97 Å². The Morgan fingerprint density at radius 1 is 2.25 bits per heavy atom. The molecule has 0 aromatic rings. The van der Waals surface area contributed by atoms with Crippen LogP contribution in [0.1, 0.15) is 13.7 Å². The Morgan fingerprint density at radius 2 is 2.88 bits per heavy atom. The molecular formula is C5H7O3-. The van der Waals surface area contributed by atoms with Crippen LogP contribution in [0, 0.1) is 0 Å². The van der Waals surface area contributed by atoms with Gasteiger partial charge in [0.05, 0.1) is 9.30 Å². The molecule has 0 fully saturated rings. The van der Waals surface area contributed by atoms with Crippen LogP contribution in [0.2, 0.25) is 0 Å². The van der Waals surface area contributed by atoms with Crippen LogP contribution in [0.4, 0.5) is 0 Å². The third-order valence-electron chi connectivity index (χ3n) is 0.371. The summed E-state index contributed by atoms with van der Waals surface area (Å²) in [7, 11) is 0. The fourth-order valence-corrected chi connectivity index (χ4v) is 0.103. The summed E-state index contributed by atoms with van der Waals surface area (Å²) in [5.74, 6) is -2.91. The molecule has 0 saturated heterocycles. The van der Waals surface area contributed by atoms with Gasteiger partial charge in [0.2, 0.25) is 0 Å². The second kappa shape index (κ2) is 3.07. The van der Waals surface area contributed by atoms with Gasteiger partial charge in [-0.15, -0.1) is 0 Å². The van der Waals surface area contributed by atoms with Gasteiger partial charge in [0, 0.05) is 4.11 Å². The lowest BCUT2D eigenvalue weighted by molar-refractivity contribution is -0.302. The Bertz CT molecular complexity index is 231. The van der Waals surface area contributed by atoms with E-state index in [9.17, 15) is 9.90 Å². The van der Waals surface area contributed by atoms with Crippen LogP contribution in [-0.4, -0.2) is 12.5 Å². The molecule has 0 bridgehead atoms. The van der Waals surface area contributed by atoms with E-state index in [4.69, 9.17) is 6.85 Å². The largest absolute Gasteiger partial charge is 0.868 e. The van der Waals surface area contributed by atoms with Crippen molar-refractivity contribution < 1.29 is 21.5 Å². The average molecular weight is 120 g/mol. The van der Waals surface area contributed by atoms with E-state index >= 15 is 0 Å². The lowest BCUT2D eigenvalue weighted by Crippen LogP contribution is -2.16. The lowest BCUT2D eigenvalue weighted by Gasteiger charge is -2.05. The SMILES string of the molecule is [2H]C([2H])([2H])C([2H])([2H])OC(=O)C(=C)[O-]. The summed E-state index contributed by atoms with van der Waals surface area (Å²) in [6.07, 6.45) is 0. The number of ether oxygens (including phenoxy) is 1. The number of rotatable bonds is 2. The van der Waals surface area contributed by atoms with Gasteiger partial charge < -0.3 is 9.84 Å². The number of hydrogen-bond donors (Lipinski definition) is 0. The molecule has 0 N–H and O–H groups in total. The Hall–Kier alpha value is -0.990. The van der Waals surface area contributed by atoms with Gasteiger partial charge in [-0.2, -0.15) is 0 Å². The minimum atomic E-state index is -3.17. The summed E-state index contributed by atoms with van der Waals surface area (Å²) in [6.45, 7) is -3.66. The molecular weight excluding hydrogens is 108 g/mol. The molecule has 0 amide bonds. The zero-order valence-electron chi connectivity index (χ0n) is 8.93. The molecule has 0 atom stereocenters. The van der Waals surface area contributed by atoms with Crippen molar-refractivity contribution in [3.63, 3.8) is 0 Å². The molecule has 46 valence electrons. The zero-order chi connectivity index (χ0) is 10.9. The van der Waals surface area contributed by atoms with E-state index in [-0.39, 0.29) is 0 Å². The molecule has 0 heterocycles. The minimum Gasteiger partial charge on any atom is -0.868 e. The second-order valence-corrected chi connectivity index (χ2v) is 0.915. The van der Waals surface area contributed by atoms with Crippen LogP contribution in [-0.2, 0) is 9.53 Å². The number of hydrogen-bond acceptors (Lipinski definition) is 3. The van der Waals surface area contributed by atoms with Crippen LogP contribution >= 0.6 is 0 Å². The smallest absolute Gasteiger partial charge is 0.322 e. The van der Waals surface area contributed by atoms with Gasteiger partial charge in [-0.05, 0) is 12.6 Å². The van der Waals surface area contributed by atoms with Crippen LogP contribution in [0.3, 0.4) is 0 Å². The van der Waals surface area contributed by atoms with Gasteiger partial charge >= 0.3 is 5.97 Å². The van der Waals surface area contributed by atoms with Crippen molar-refractivity contribution in [1.82, 2.24) is 0 Å². The highest BCUT2D eigenvalue weighted by Crippen LogP contribution is 1.81. The summed E-state index contributed by atoms with van der Waals surface area (Å²) in [4.78, 5) is 10.5. The number of carbonyl (C=O) groups is 1. The highest BCUT2D eigenvalue weighted by Gasteiger charge is 1.92. The van der Waals surface area contributed by atoms with E-state index in [2.05, 4.69) is 11.3 Å². The van der Waals surface area contributed by atoms with E-state index in [0.717, 1.165) is 0 Å². The first-order valence-corrected chi connectivity index (χ1v) is 1.67. The standard InChI is InChI=1S/C5H8O3/c1-3-8-5(7)4(2)6/h6H,2-3H2,1H3/p-1/i1D3,3D2. The summed E-state index contributed by atoms with van der Waals surface area (Å²) >= 11 is 0. The number of carbonyl (C=O) groups excluding carboxylic acids is 1. The summed E-state index contributed by atoms with van der Waals surface area (Å²) in [5.41, 5.74) is 0. The summed E-state index contributed by atoms with van der Waals surface area (Å²) in [6, 6.07) is 0. The molecule has 3 heteroatoms. The molecule has 0 aliphatic heterocycles. The van der Waals surface area contributed by atoms with E-state index < -0.39 is 25.1 Å². The predicted octanol–water partition coefficient (Wildman–Crippen LogP) is -0.577. The molecule has 0 saturated carbocycles. The maximum absolute atomic E-state index is 10.5. The van der Waals surface area contributed by atoms with Crippen molar-refractivity contribution in [2.45, 2.75) is 6.85 Å². The molecule has 0 aliphatic carbocycles. The van der Waals surface area contributed by atoms with Gasteiger partial charge in [-0.25, -0.2) is 4.79 Å². The van der Waals surface area contributed by atoms with Crippen LogP contribution in [0.15, 0.2) is 12.3 Å². The van der Waals surface area contributed by atoms with Gasteiger partial charge in [0.1, 0.15) is 0 Å². The topological polar surface area (TPSA) is 49.4 Å². The molecule has 0 aromatic carbocycles. The van der Waals surface area contributed by atoms with Gasteiger partial charge in [-0.1, -0.05) is 6.58 Å². The lowest BCUT2D eigenvalue weighted by atomic mass is 10.6. The predicted molar refractivity (Wildman–Crippen MR) is 25.8 cm³/mol. The highest BCUT2D eigenvalue weighted by molar-refractivity contribution is 5.84. The first kappa shape index (κ1) is 2.09. The third-order valence-corrected chi connectivity index (χ3v) is 0.371. The molecule has 0 unspecified atom stereocenters. The van der Waals surface area contributed by atoms with Gasteiger partial charge in [0.15, 0.2) is 0 Å². The Kier molecular flexibility index (Phi) is 0.802. The van der Waals surface area contributed by atoms with Gasteiger partial charge in [-0.3, -0.25) is 0 Å². The quantitative estimate of drug-likeness (QED) is 0.278. The Morgan fingerprint density at radius 3 is 3.25 bits per heavy atom. The average Bonchev–Trinajstić information content (AvgIpc) is 1.83. The Labute approximate surface area is 54.6 Å². The highest BCUT2D eigenvalue weighted by atomic mass is 16.5. The molecule has 0 rings (SSSR count). The van der Waals surface area contributed by atoms with E-state index in [1.165, 1.54) is 0 Å². The zero-order valence-corrected chi connectivity index (χ0v) is 3.93. The molecule has 0 radical (unpaired) electrons. The van der Waals surface area contributed by atoms with Crippen molar-refractivity contribution in [1.29, 1.82) is 0 Å². The second-order valence-electron chi connectivity index (χ2n) is 0.915. The van der Waals surface area contributed by atoms with Gasteiger partial charge in [0.25, 0.3) is 0 Å². The molecule has 3 nitrogen and oxygen atoms in total. The molecule has 0 aromatic heterocycles. The fraction of sp³-hybridized carbons (Fsp3) is 0.400. The third kappa shape index (κ3) is 2.23. The van der Waals surface area contributed by atoms with Crippen LogP contribution in [0.25, 0.3) is 0 Å².